The van der Waals surface area contributed by atoms with Crippen LogP contribution in [0.25, 0.3) is 0 Å². The average molecular weight is 219 g/mol. The molecule has 0 saturated carbocycles. The number of anilines is 1. The van der Waals surface area contributed by atoms with E-state index >= 15 is 0 Å². The lowest BCUT2D eigenvalue weighted by atomic mass is 10.2. The second kappa shape index (κ2) is 4.26. The van der Waals surface area contributed by atoms with Crippen molar-refractivity contribution in [2.75, 3.05) is 18.2 Å². The number of hydrogen-bond donors (Lipinski definition) is 0. The number of halogens is 1. The quantitative estimate of drug-likeness (QED) is 0.725. The van der Waals surface area contributed by atoms with E-state index < -0.39 is 0 Å². The second-order valence-corrected chi connectivity index (χ2v) is 4.58. The first-order valence-electron chi connectivity index (χ1n) is 4.38. The molecule has 13 heavy (non-hydrogen) atoms. The zero-order valence-electron chi connectivity index (χ0n) is 7.20. The van der Waals surface area contributed by atoms with Gasteiger partial charge in [-0.3, -0.25) is 4.84 Å². The third-order valence-corrected chi connectivity index (χ3v) is 3.05. The van der Waals surface area contributed by atoms with Crippen LogP contribution in [0.1, 0.15) is 19.3 Å². The van der Waals surface area contributed by atoms with E-state index in [1.54, 1.807) is 6.20 Å². The molecule has 5 heteroatoms. The van der Waals surface area contributed by atoms with E-state index in [1.165, 1.54) is 17.8 Å². The van der Waals surface area contributed by atoms with Gasteiger partial charge in [0.15, 0.2) is 0 Å². The van der Waals surface area contributed by atoms with Gasteiger partial charge in [0.1, 0.15) is 4.34 Å². The molecule has 1 saturated heterocycles. The predicted octanol–water partition coefficient (Wildman–Crippen LogP) is 2.72. The van der Waals surface area contributed by atoms with Crippen molar-refractivity contribution in [2.24, 2.45) is 0 Å². The highest BCUT2D eigenvalue weighted by Crippen LogP contribution is 2.27. The summed E-state index contributed by atoms with van der Waals surface area (Å²) in [6.07, 6.45) is 5.19. The fourth-order valence-corrected chi connectivity index (χ4v) is 2.17. The van der Waals surface area contributed by atoms with Crippen LogP contribution in [0.2, 0.25) is 4.34 Å². The van der Waals surface area contributed by atoms with Gasteiger partial charge in [-0.1, -0.05) is 22.9 Å². The van der Waals surface area contributed by atoms with Crippen molar-refractivity contribution in [3.8, 4) is 0 Å². The summed E-state index contributed by atoms with van der Waals surface area (Å²) in [5, 5.41) is 2.72. The summed E-state index contributed by atoms with van der Waals surface area (Å²) < 4.78 is 0.711. The normalized spacial score (nSPS) is 18.7. The fourth-order valence-electron chi connectivity index (χ4n) is 1.29. The molecule has 0 spiro atoms. The van der Waals surface area contributed by atoms with Crippen LogP contribution in [0.15, 0.2) is 6.20 Å². The summed E-state index contributed by atoms with van der Waals surface area (Å²) in [7, 11) is 0. The van der Waals surface area contributed by atoms with Crippen LogP contribution in [0.3, 0.4) is 0 Å². The van der Waals surface area contributed by atoms with E-state index in [-0.39, 0.29) is 0 Å². The fraction of sp³-hybridized carbons (Fsp3) is 0.625. The van der Waals surface area contributed by atoms with Gasteiger partial charge in [0.05, 0.1) is 12.8 Å². The van der Waals surface area contributed by atoms with Crippen molar-refractivity contribution < 1.29 is 4.84 Å². The molecule has 3 nitrogen and oxygen atoms in total. The first-order valence-corrected chi connectivity index (χ1v) is 5.57. The number of hydroxylamine groups is 1. The Labute approximate surface area is 86.2 Å². The van der Waals surface area contributed by atoms with Crippen LogP contribution >= 0.6 is 22.9 Å². The molecule has 0 aromatic carbocycles. The minimum Gasteiger partial charge on any atom is -0.271 e. The van der Waals surface area contributed by atoms with Gasteiger partial charge in [-0.05, 0) is 19.3 Å². The Bertz CT molecular complexity index is 271. The first kappa shape index (κ1) is 9.24. The van der Waals surface area contributed by atoms with Gasteiger partial charge in [0.2, 0.25) is 5.13 Å². The van der Waals surface area contributed by atoms with Crippen LogP contribution < -0.4 is 5.06 Å². The standard InChI is InChI=1S/C8H11ClN2OS/c9-7-6-10-8(13-7)11-4-2-1-3-5-12-11/h6H,1-5H2. The highest BCUT2D eigenvalue weighted by molar-refractivity contribution is 7.19. The van der Waals surface area contributed by atoms with E-state index in [4.69, 9.17) is 16.4 Å². The topological polar surface area (TPSA) is 25.4 Å². The highest BCUT2D eigenvalue weighted by Gasteiger charge is 2.13. The van der Waals surface area contributed by atoms with Gasteiger partial charge in [-0.15, -0.1) is 0 Å². The number of nitrogens with zero attached hydrogens (tertiary/aromatic N) is 2. The Morgan fingerprint density at radius 3 is 3.15 bits per heavy atom. The molecule has 1 fully saturated rings. The second-order valence-electron chi connectivity index (χ2n) is 2.94. The van der Waals surface area contributed by atoms with Crippen LogP contribution in [0.5, 0.6) is 0 Å². The SMILES string of the molecule is Clc1cnc(N2CCCCCO2)s1. The van der Waals surface area contributed by atoms with Crippen molar-refractivity contribution in [1.29, 1.82) is 0 Å². The number of aromatic nitrogens is 1. The summed E-state index contributed by atoms with van der Waals surface area (Å²) in [5.41, 5.74) is 0. The lowest BCUT2D eigenvalue weighted by Crippen LogP contribution is -2.22. The van der Waals surface area contributed by atoms with Crippen molar-refractivity contribution in [3.05, 3.63) is 10.5 Å². The Kier molecular flexibility index (Phi) is 3.03. The molecule has 0 bridgehead atoms. The van der Waals surface area contributed by atoms with Gasteiger partial charge >= 0.3 is 0 Å². The summed E-state index contributed by atoms with van der Waals surface area (Å²) >= 11 is 7.25. The van der Waals surface area contributed by atoms with Crippen molar-refractivity contribution in [2.45, 2.75) is 19.3 Å². The summed E-state index contributed by atoms with van der Waals surface area (Å²) in [5.74, 6) is 0. The molecule has 1 aliphatic heterocycles. The van der Waals surface area contributed by atoms with Crippen LogP contribution in [0.4, 0.5) is 5.13 Å². The van der Waals surface area contributed by atoms with Gasteiger partial charge in [0.25, 0.3) is 0 Å². The summed E-state index contributed by atoms with van der Waals surface area (Å²) in [4.78, 5) is 9.69. The number of thiazole rings is 1. The predicted molar refractivity (Wildman–Crippen MR) is 54.3 cm³/mol. The van der Waals surface area contributed by atoms with Gasteiger partial charge < -0.3 is 0 Å². The molecule has 0 aliphatic carbocycles. The van der Waals surface area contributed by atoms with Crippen molar-refractivity contribution in [1.82, 2.24) is 4.98 Å². The lowest BCUT2D eigenvalue weighted by Gasteiger charge is -2.17. The molecule has 0 radical (unpaired) electrons. The monoisotopic (exact) mass is 218 g/mol. The summed E-state index contributed by atoms with van der Waals surface area (Å²) in [6.45, 7) is 1.71. The minimum absolute atomic E-state index is 0.711. The Morgan fingerprint density at radius 1 is 1.46 bits per heavy atom. The molecule has 0 atom stereocenters. The van der Waals surface area contributed by atoms with Gasteiger partial charge in [0, 0.05) is 6.54 Å². The average Bonchev–Trinajstić information content (AvgIpc) is 2.43. The van der Waals surface area contributed by atoms with Crippen LogP contribution in [-0.4, -0.2) is 18.1 Å². The molecule has 0 amide bonds. The highest BCUT2D eigenvalue weighted by atomic mass is 35.5. The molecule has 1 aromatic heterocycles. The minimum atomic E-state index is 0.711. The maximum Gasteiger partial charge on any atom is 0.210 e. The molecule has 1 aromatic rings. The molecule has 1 aliphatic rings. The van der Waals surface area contributed by atoms with Crippen LogP contribution in [-0.2, 0) is 4.84 Å². The van der Waals surface area contributed by atoms with Crippen molar-refractivity contribution >= 4 is 28.1 Å². The van der Waals surface area contributed by atoms with E-state index in [2.05, 4.69) is 4.98 Å². The molecular weight excluding hydrogens is 208 g/mol. The maximum atomic E-state index is 5.79. The third-order valence-electron chi connectivity index (χ3n) is 1.93. The Morgan fingerprint density at radius 2 is 2.38 bits per heavy atom. The Hall–Kier alpha value is -0.320. The molecule has 2 rings (SSSR count). The zero-order valence-corrected chi connectivity index (χ0v) is 8.77. The number of hydrogen-bond acceptors (Lipinski definition) is 4. The van der Waals surface area contributed by atoms with E-state index in [1.807, 2.05) is 5.06 Å². The largest absolute Gasteiger partial charge is 0.271 e. The third kappa shape index (κ3) is 2.33. The smallest absolute Gasteiger partial charge is 0.210 e. The zero-order chi connectivity index (χ0) is 9.10. The van der Waals surface area contributed by atoms with E-state index in [9.17, 15) is 0 Å². The van der Waals surface area contributed by atoms with Gasteiger partial charge in [-0.25, -0.2) is 10.0 Å². The maximum absolute atomic E-state index is 5.79. The molecule has 0 unspecified atom stereocenters. The van der Waals surface area contributed by atoms with Crippen LogP contribution in [0, 0.1) is 0 Å². The molecule has 72 valence electrons. The molecule has 0 N–H and O–H groups in total. The number of rotatable bonds is 1. The van der Waals surface area contributed by atoms with Crippen molar-refractivity contribution in [3.63, 3.8) is 0 Å². The molecular formula is C8H11ClN2OS. The Balaban J connectivity index is 2.06. The van der Waals surface area contributed by atoms with E-state index in [0.29, 0.717) is 4.34 Å². The van der Waals surface area contributed by atoms with Gasteiger partial charge in [-0.2, -0.15) is 0 Å². The first-order chi connectivity index (χ1) is 6.36. The molecule has 2 heterocycles. The van der Waals surface area contributed by atoms with E-state index in [0.717, 1.165) is 31.1 Å². The summed E-state index contributed by atoms with van der Waals surface area (Å²) in [6, 6.07) is 0. The lowest BCUT2D eigenvalue weighted by molar-refractivity contribution is 0.119.